The largest absolute Gasteiger partial charge is 0.462 e. The zero-order chi connectivity index (χ0) is 20.9. The number of esters is 1. The van der Waals surface area contributed by atoms with Gasteiger partial charge in [-0.1, -0.05) is 26.8 Å². The molecule has 3 fully saturated rings. The van der Waals surface area contributed by atoms with Gasteiger partial charge in [0.05, 0.1) is 30.5 Å². The zero-order valence-corrected chi connectivity index (χ0v) is 18.6. The minimum atomic E-state index is -0.476. The van der Waals surface area contributed by atoms with Gasteiger partial charge in [-0.25, -0.2) is 0 Å². The summed E-state index contributed by atoms with van der Waals surface area (Å²) in [5, 5.41) is 10.7. The Kier molecular flexibility index (Phi) is 5.86. The van der Waals surface area contributed by atoms with Crippen LogP contribution in [0.2, 0.25) is 0 Å². The van der Waals surface area contributed by atoms with E-state index in [9.17, 15) is 9.90 Å². The lowest BCUT2D eigenvalue weighted by atomic mass is 9.59. The first-order valence-corrected chi connectivity index (χ1v) is 11.6. The molecular formula is C24H38O5. The number of rotatable bonds is 3. The van der Waals surface area contributed by atoms with Crippen LogP contribution in [0.25, 0.3) is 0 Å². The summed E-state index contributed by atoms with van der Waals surface area (Å²) in [4.78, 5) is 12.5. The predicted molar refractivity (Wildman–Crippen MR) is 110 cm³/mol. The molecule has 1 N–H and O–H groups in total. The van der Waals surface area contributed by atoms with Gasteiger partial charge in [-0.2, -0.15) is 0 Å². The van der Waals surface area contributed by atoms with E-state index in [1.165, 1.54) is 0 Å². The van der Waals surface area contributed by atoms with Crippen LogP contribution >= 0.6 is 0 Å². The molecular weight excluding hydrogens is 368 g/mol. The van der Waals surface area contributed by atoms with Crippen LogP contribution in [-0.4, -0.2) is 47.7 Å². The van der Waals surface area contributed by atoms with Crippen molar-refractivity contribution in [3.63, 3.8) is 0 Å². The Hall–Kier alpha value is -0.910. The highest BCUT2D eigenvalue weighted by Crippen LogP contribution is 2.57. The van der Waals surface area contributed by atoms with Gasteiger partial charge in [-0.05, 0) is 62.9 Å². The highest BCUT2D eigenvalue weighted by Gasteiger charge is 2.62. The third kappa shape index (κ3) is 3.68. The molecule has 0 aromatic heterocycles. The minimum Gasteiger partial charge on any atom is -0.462 e. The Morgan fingerprint density at radius 2 is 2.07 bits per heavy atom. The van der Waals surface area contributed by atoms with Crippen molar-refractivity contribution in [1.82, 2.24) is 0 Å². The summed E-state index contributed by atoms with van der Waals surface area (Å²) < 4.78 is 19.3. The molecule has 1 aliphatic carbocycles. The quantitative estimate of drug-likeness (QED) is 0.569. The Labute approximate surface area is 175 Å². The fourth-order valence-corrected chi connectivity index (χ4v) is 6.47. The maximum absolute atomic E-state index is 12.5. The second-order valence-corrected chi connectivity index (χ2v) is 10.3. The van der Waals surface area contributed by atoms with Gasteiger partial charge in [0.1, 0.15) is 6.10 Å². The van der Waals surface area contributed by atoms with Crippen molar-refractivity contribution in [3.05, 3.63) is 11.6 Å². The number of ether oxygens (including phenoxy) is 3. The van der Waals surface area contributed by atoms with E-state index < -0.39 is 11.7 Å². The Morgan fingerprint density at radius 3 is 2.79 bits per heavy atom. The summed E-state index contributed by atoms with van der Waals surface area (Å²) in [7, 11) is 0. The summed E-state index contributed by atoms with van der Waals surface area (Å²) in [6.45, 7) is 11.4. The topological polar surface area (TPSA) is 65.0 Å². The summed E-state index contributed by atoms with van der Waals surface area (Å²) in [5.74, 6) is 1.58. The van der Waals surface area contributed by atoms with Crippen LogP contribution in [-0.2, 0) is 19.0 Å². The summed E-state index contributed by atoms with van der Waals surface area (Å²) in [6.07, 6.45) is 5.09. The van der Waals surface area contributed by atoms with E-state index in [1.807, 2.05) is 13.8 Å². The third-order valence-electron chi connectivity index (χ3n) is 8.15. The molecule has 0 spiro atoms. The molecule has 0 radical (unpaired) electrons. The molecule has 0 aromatic rings. The van der Waals surface area contributed by atoms with Crippen LogP contribution in [0.3, 0.4) is 0 Å². The van der Waals surface area contributed by atoms with Crippen molar-refractivity contribution in [2.45, 2.75) is 96.7 Å². The standard InChI is InChI=1S/C24H38O5/c1-6-7-19(26)29-22-14(3)10-16-15(4)12-27-24(5)9-8-17(25)13(2)11-18-21(22)20(16)23(24)28-18/h11,14-18,20-23,25H,6-10,12H2,1-5H3/b13-11-/t14-,15+,16?,17+,18+,20+,21+,22-,23+,24+/m1/s1. The van der Waals surface area contributed by atoms with Gasteiger partial charge >= 0.3 is 5.97 Å². The second kappa shape index (κ2) is 7.97. The summed E-state index contributed by atoms with van der Waals surface area (Å²) in [5.41, 5.74) is 0.540. The van der Waals surface area contributed by atoms with Gasteiger partial charge in [0, 0.05) is 18.3 Å². The molecule has 4 rings (SSSR count). The highest BCUT2D eigenvalue weighted by atomic mass is 16.6. The first-order valence-electron chi connectivity index (χ1n) is 11.6. The molecule has 2 bridgehead atoms. The zero-order valence-electron chi connectivity index (χ0n) is 18.6. The van der Waals surface area contributed by atoms with Gasteiger partial charge < -0.3 is 19.3 Å². The van der Waals surface area contributed by atoms with Gasteiger partial charge in [0.25, 0.3) is 0 Å². The van der Waals surface area contributed by atoms with Crippen LogP contribution in [0, 0.1) is 29.6 Å². The fourth-order valence-electron chi connectivity index (χ4n) is 6.47. The normalized spacial score (nSPS) is 51.1. The highest BCUT2D eigenvalue weighted by molar-refractivity contribution is 5.69. The number of hydrogen-bond acceptors (Lipinski definition) is 5. The van der Waals surface area contributed by atoms with E-state index in [2.05, 4.69) is 26.8 Å². The average molecular weight is 407 g/mol. The monoisotopic (exact) mass is 406 g/mol. The van der Waals surface area contributed by atoms with Gasteiger partial charge in [0.2, 0.25) is 0 Å². The van der Waals surface area contributed by atoms with E-state index >= 15 is 0 Å². The third-order valence-corrected chi connectivity index (χ3v) is 8.15. The number of aliphatic hydroxyl groups excluding tert-OH is 1. The maximum atomic E-state index is 12.5. The van der Waals surface area contributed by atoms with E-state index in [0.29, 0.717) is 36.5 Å². The Balaban J connectivity index is 1.77. The van der Waals surface area contributed by atoms with Gasteiger partial charge in [-0.3, -0.25) is 4.79 Å². The van der Waals surface area contributed by atoms with Crippen molar-refractivity contribution >= 4 is 5.97 Å². The molecule has 0 amide bonds. The SMILES string of the molecule is CCCC(=O)O[C@H]1[C@@H]2[C@@H]3C(C[C@H]1C)[C@@H](C)CO[C@@]1(C)CC[C@H](O)/C(C)=C\[C@@H]2O[C@@H]31. The number of hydrogen-bond donors (Lipinski definition) is 1. The minimum absolute atomic E-state index is 0.0262. The number of fused-ring (bicyclic) bond motifs is 2. The van der Waals surface area contributed by atoms with Crippen molar-refractivity contribution in [3.8, 4) is 0 Å². The van der Waals surface area contributed by atoms with Crippen molar-refractivity contribution in [2.75, 3.05) is 6.61 Å². The Morgan fingerprint density at radius 1 is 1.31 bits per heavy atom. The smallest absolute Gasteiger partial charge is 0.306 e. The molecule has 3 aliphatic heterocycles. The van der Waals surface area contributed by atoms with Crippen LogP contribution in [0.1, 0.15) is 66.7 Å². The molecule has 29 heavy (non-hydrogen) atoms. The number of carbonyl (C=O) groups is 1. The molecule has 10 atom stereocenters. The summed E-state index contributed by atoms with van der Waals surface area (Å²) >= 11 is 0. The molecule has 3 heterocycles. The fraction of sp³-hybridized carbons (Fsp3) is 0.875. The molecule has 2 saturated heterocycles. The van der Waals surface area contributed by atoms with E-state index in [1.54, 1.807) is 0 Å². The van der Waals surface area contributed by atoms with Crippen LogP contribution in [0.5, 0.6) is 0 Å². The molecule has 0 aromatic carbocycles. The molecule has 164 valence electrons. The predicted octanol–water partition coefficient (Wildman–Crippen LogP) is 3.88. The first kappa shape index (κ1) is 21.3. The van der Waals surface area contributed by atoms with Crippen molar-refractivity contribution < 1.29 is 24.1 Å². The summed E-state index contributed by atoms with van der Waals surface area (Å²) in [6, 6.07) is 0. The van der Waals surface area contributed by atoms with E-state index in [-0.39, 0.29) is 30.2 Å². The van der Waals surface area contributed by atoms with Crippen molar-refractivity contribution in [1.29, 1.82) is 0 Å². The lowest BCUT2D eigenvalue weighted by molar-refractivity contribution is -0.162. The molecule has 1 unspecified atom stereocenters. The van der Waals surface area contributed by atoms with Gasteiger partial charge in [0.15, 0.2) is 0 Å². The van der Waals surface area contributed by atoms with Gasteiger partial charge in [-0.15, -0.1) is 0 Å². The van der Waals surface area contributed by atoms with E-state index in [0.717, 1.165) is 31.4 Å². The lowest BCUT2D eigenvalue weighted by Crippen LogP contribution is -2.52. The molecule has 1 saturated carbocycles. The van der Waals surface area contributed by atoms with Crippen LogP contribution in [0.15, 0.2) is 11.6 Å². The van der Waals surface area contributed by atoms with Crippen LogP contribution in [0.4, 0.5) is 0 Å². The average Bonchev–Trinajstić information content (AvgIpc) is 3.02. The number of carbonyl (C=O) groups excluding carboxylic acids is 1. The number of aliphatic hydroxyl groups is 1. The molecule has 4 aliphatic rings. The van der Waals surface area contributed by atoms with E-state index in [4.69, 9.17) is 14.2 Å². The maximum Gasteiger partial charge on any atom is 0.306 e. The second-order valence-electron chi connectivity index (χ2n) is 10.3. The lowest BCUT2D eigenvalue weighted by Gasteiger charge is -2.46. The van der Waals surface area contributed by atoms with Crippen molar-refractivity contribution in [2.24, 2.45) is 29.6 Å². The first-order chi connectivity index (χ1) is 13.7. The Bertz CT molecular complexity index is 660. The van der Waals surface area contributed by atoms with Crippen LogP contribution < -0.4 is 0 Å². The molecule has 5 nitrogen and oxygen atoms in total. The molecule has 5 heteroatoms.